The van der Waals surface area contributed by atoms with E-state index in [9.17, 15) is 9.59 Å². The molecule has 0 spiro atoms. The average molecular weight is 244 g/mol. The number of carbonyl (C=O) groups is 2. The predicted octanol–water partition coefficient (Wildman–Crippen LogP) is 1.83. The molecule has 5 heteroatoms. The van der Waals surface area contributed by atoms with Crippen LogP contribution in [-0.4, -0.2) is 29.2 Å². The highest BCUT2D eigenvalue weighted by molar-refractivity contribution is 5.82. The largest absolute Gasteiger partial charge is 0.480 e. The lowest BCUT2D eigenvalue weighted by Crippen LogP contribution is -2.51. The molecule has 0 aromatic rings. The number of carboxylic acids is 1. The first-order valence-electron chi connectivity index (χ1n) is 6.09. The van der Waals surface area contributed by atoms with Crippen molar-refractivity contribution in [2.24, 2.45) is 11.8 Å². The molecule has 0 fully saturated rings. The van der Waals surface area contributed by atoms with Crippen molar-refractivity contribution in [2.45, 2.75) is 53.1 Å². The molecule has 2 amide bonds. The molecule has 0 aliphatic rings. The van der Waals surface area contributed by atoms with Crippen LogP contribution in [0.4, 0.5) is 4.79 Å². The van der Waals surface area contributed by atoms with Gasteiger partial charge in [0.15, 0.2) is 0 Å². The molecule has 0 saturated heterocycles. The molecule has 100 valence electrons. The van der Waals surface area contributed by atoms with Gasteiger partial charge in [-0.15, -0.1) is 0 Å². The Morgan fingerprint density at radius 1 is 1.12 bits per heavy atom. The van der Waals surface area contributed by atoms with Crippen LogP contribution in [0.15, 0.2) is 0 Å². The van der Waals surface area contributed by atoms with Crippen molar-refractivity contribution in [3.8, 4) is 0 Å². The van der Waals surface area contributed by atoms with Gasteiger partial charge in [-0.3, -0.25) is 0 Å². The second-order valence-electron chi connectivity index (χ2n) is 4.85. The van der Waals surface area contributed by atoms with Crippen LogP contribution in [0.1, 0.15) is 41.0 Å². The van der Waals surface area contributed by atoms with Gasteiger partial charge in [-0.2, -0.15) is 0 Å². The van der Waals surface area contributed by atoms with Crippen LogP contribution in [0.5, 0.6) is 0 Å². The lowest BCUT2D eigenvalue weighted by atomic mass is 9.99. The Hall–Kier alpha value is -1.26. The third-order valence-corrected chi connectivity index (χ3v) is 3.12. The van der Waals surface area contributed by atoms with Gasteiger partial charge in [-0.05, 0) is 18.8 Å². The van der Waals surface area contributed by atoms with E-state index in [1.807, 2.05) is 34.6 Å². The quantitative estimate of drug-likeness (QED) is 0.667. The molecule has 0 aliphatic carbocycles. The summed E-state index contributed by atoms with van der Waals surface area (Å²) >= 11 is 0. The zero-order valence-corrected chi connectivity index (χ0v) is 11.3. The minimum Gasteiger partial charge on any atom is -0.480 e. The zero-order valence-electron chi connectivity index (χ0n) is 11.3. The summed E-state index contributed by atoms with van der Waals surface area (Å²) in [5, 5.41) is 14.3. The maximum Gasteiger partial charge on any atom is 0.326 e. The highest BCUT2D eigenvalue weighted by Crippen LogP contribution is 2.08. The number of carboxylic acid groups (broad SMARTS) is 1. The highest BCUT2D eigenvalue weighted by Gasteiger charge is 2.25. The Balaban J connectivity index is 4.37. The van der Waals surface area contributed by atoms with Crippen LogP contribution >= 0.6 is 0 Å². The summed E-state index contributed by atoms with van der Waals surface area (Å²) in [7, 11) is 0. The molecule has 0 aliphatic heterocycles. The first-order chi connectivity index (χ1) is 7.79. The minimum atomic E-state index is -0.994. The van der Waals surface area contributed by atoms with E-state index in [1.54, 1.807) is 0 Å². The summed E-state index contributed by atoms with van der Waals surface area (Å²) in [6.45, 7) is 9.59. The normalized spacial score (nSPS) is 16.1. The molecule has 0 rings (SSSR count). The lowest BCUT2D eigenvalue weighted by molar-refractivity contribution is -0.140. The van der Waals surface area contributed by atoms with E-state index in [0.717, 1.165) is 0 Å². The van der Waals surface area contributed by atoms with Crippen molar-refractivity contribution < 1.29 is 14.7 Å². The topological polar surface area (TPSA) is 78.4 Å². The highest BCUT2D eigenvalue weighted by atomic mass is 16.4. The SMILES string of the molecule is CCC(C)C(NC(=O)NC(C)C(C)C)C(=O)O. The Morgan fingerprint density at radius 2 is 1.65 bits per heavy atom. The Bertz CT molecular complexity index is 266. The summed E-state index contributed by atoms with van der Waals surface area (Å²) < 4.78 is 0. The summed E-state index contributed by atoms with van der Waals surface area (Å²) in [6.07, 6.45) is 0.705. The molecule has 5 nitrogen and oxygen atoms in total. The van der Waals surface area contributed by atoms with Crippen LogP contribution < -0.4 is 10.6 Å². The molecule has 3 unspecified atom stereocenters. The second-order valence-corrected chi connectivity index (χ2v) is 4.85. The van der Waals surface area contributed by atoms with Gasteiger partial charge in [0.25, 0.3) is 0 Å². The fourth-order valence-electron chi connectivity index (χ4n) is 1.24. The third kappa shape index (κ3) is 5.56. The van der Waals surface area contributed by atoms with Crippen LogP contribution in [0.3, 0.4) is 0 Å². The van der Waals surface area contributed by atoms with E-state index in [-0.39, 0.29) is 12.0 Å². The molecule has 0 aromatic carbocycles. The van der Waals surface area contributed by atoms with Crippen molar-refractivity contribution in [1.82, 2.24) is 10.6 Å². The number of carbonyl (C=O) groups excluding carboxylic acids is 1. The van der Waals surface area contributed by atoms with Crippen molar-refractivity contribution in [1.29, 1.82) is 0 Å². The van der Waals surface area contributed by atoms with E-state index in [1.165, 1.54) is 0 Å². The maximum absolute atomic E-state index is 11.6. The summed E-state index contributed by atoms with van der Waals surface area (Å²) in [5.41, 5.74) is 0. The van der Waals surface area contributed by atoms with Gasteiger partial charge >= 0.3 is 12.0 Å². The van der Waals surface area contributed by atoms with Gasteiger partial charge in [-0.1, -0.05) is 34.1 Å². The van der Waals surface area contributed by atoms with E-state index in [0.29, 0.717) is 12.3 Å². The first kappa shape index (κ1) is 15.7. The molecular weight excluding hydrogens is 220 g/mol. The first-order valence-corrected chi connectivity index (χ1v) is 6.09. The molecule has 3 atom stereocenters. The molecular formula is C12H24N2O3. The van der Waals surface area contributed by atoms with Gasteiger partial charge in [0.05, 0.1) is 0 Å². The van der Waals surface area contributed by atoms with Crippen molar-refractivity contribution >= 4 is 12.0 Å². The fraction of sp³-hybridized carbons (Fsp3) is 0.833. The average Bonchev–Trinajstić information content (AvgIpc) is 2.24. The van der Waals surface area contributed by atoms with Crippen molar-refractivity contribution in [3.05, 3.63) is 0 Å². The smallest absolute Gasteiger partial charge is 0.326 e. The molecule has 0 heterocycles. The number of hydrogen-bond acceptors (Lipinski definition) is 2. The standard InChI is InChI=1S/C12H24N2O3/c1-6-8(4)10(11(15)16)14-12(17)13-9(5)7(2)3/h7-10H,6H2,1-5H3,(H,15,16)(H2,13,14,17). The van der Waals surface area contributed by atoms with Crippen LogP contribution in [0, 0.1) is 11.8 Å². The van der Waals surface area contributed by atoms with Crippen LogP contribution in [-0.2, 0) is 4.79 Å². The molecule has 0 aromatic heterocycles. The number of hydrogen-bond donors (Lipinski definition) is 3. The monoisotopic (exact) mass is 244 g/mol. The number of urea groups is 1. The minimum absolute atomic E-state index is 0.0152. The van der Waals surface area contributed by atoms with E-state index in [2.05, 4.69) is 10.6 Å². The summed E-state index contributed by atoms with van der Waals surface area (Å²) in [6, 6.07) is -1.24. The van der Waals surface area contributed by atoms with Gasteiger partial charge < -0.3 is 15.7 Å². The Morgan fingerprint density at radius 3 is 2.00 bits per heavy atom. The van der Waals surface area contributed by atoms with Gasteiger partial charge in [0.1, 0.15) is 6.04 Å². The van der Waals surface area contributed by atoms with Gasteiger partial charge in [0.2, 0.25) is 0 Å². The van der Waals surface area contributed by atoms with Gasteiger partial charge in [0, 0.05) is 6.04 Å². The molecule has 17 heavy (non-hydrogen) atoms. The molecule has 3 N–H and O–H groups in total. The van der Waals surface area contributed by atoms with E-state index >= 15 is 0 Å². The molecule has 0 saturated carbocycles. The number of amides is 2. The second kappa shape index (κ2) is 7.14. The summed E-state index contributed by atoms with van der Waals surface area (Å²) in [4.78, 5) is 22.6. The van der Waals surface area contributed by atoms with E-state index < -0.39 is 18.0 Å². The zero-order chi connectivity index (χ0) is 13.6. The van der Waals surface area contributed by atoms with Crippen LogP contribution in [0.25, 0.3) is 0 Å². The Labute approximate surface area is 103 Å². The third-order valence-electron chi connectivity index (χ3n) is 3.12. The molecule has 0 bridgehead atoms. The Kier molecular flexibility index (Phi) is 6.61. The maximum atomic E-state index is 11.6. The number of nitrogens with one attached hydrogen (secondary N) is 2. The van der Waals surface area contributed by atoms with Crippen molar-refractivity contribution in [3.63, 3.8) is 0 Å². The molecule has 0 radical (unpaired) electrons. The fourth-order valence-corrected chi connectivity index (χ4v) is 1.24. The van der Waals surface area contributed by atoms with E-state index in [4.69, 9.17) is 5.11 Å². The van der Waals surface area contributed by atoms with Gasteiger partial charge in [-0.25, -0.2) is 9.59 Å². The number of rotatable bonds is 6. The lowest BCUT2D eigenvalue weighted by Gasteiger charge is -2.23. The van der Waals surface area contributed by atoms with Crippen molar-refractivity contribution in [2.75, 3.05) is 0 Å². The number of aliphatic carboxylic acids is 1. The summed E-state index contributed by atoms with van der Waals surface area (Å²) in [5.74, 6) is -0.771. The van der Waals surface area contributed by atoms with Crippen LogP contribution in [0.2, 0.25) is 0 Å². The predicted molar refractivity (Wildman–Crippen MR) is 66.8 cm³/mol.